The highest BCUT2D eigenvalue weighted by Gasteiger charge is 2.76. The lowest BCUT2D eigenvalue weighted by Gasteiger charge is -2.35. The number of carboxylic acids is 1. The Morgan fingerprint density at radius 1 is 0.925 bits per heavy atom. The molecule has 0 aliphatic carbocycles. The standard InChI is InChI=1S/C20H26F8O11S/c1-14(2)33-9-16(38-14)12(11-13(36-16)35-15(3,4)34-11)37-40(31,32)20(27,28)19(25,26)39-18(23,24)17(21,22)8-6-5-7-10(29)30/h11-13H,5-9H2,1-4H3,(H,29,30)/t11?,12?,13-,16-/m0/s1. The van der Waals surface area contributed by atoms with Gasteiger partial charge in [-0.25, -0.2) is 4.74 Å². The van der Waals surface area contributed by atoms with Crippen LogP contribution >= 0.6 is 0 Å². The molecule has 0 aromatic carbocycles. The van der Waals surface area contributed by atoms with Gasteiger partial charge in [0.25, 0.3) is 0 Å². The SMILES string of the molecule is CC1(C)OC2C(OS(=O)(=O)C(F)(F)C(F)(F)OC(F)(F)C(F)(F)CCCCC(=O)O)[C@@]3(COC(C)(C)O3)O[C@@H]2O1. The van der Waals surface area contributed by atoms with Crippen molar-refractivity contribution in [3.63, 3.8) is 0 Å². The van der Waals surface area contributed by atoms with Gasteiger partial charge in [0.2, 0.25) is 5.79 Å². The molecule has 3 heterocycles. The number of fused-ring (bicyclic) bond motifs is 1. The molecule has 0 radical (unpaired) electrons. The number of carboxylic acid groups (broad SMARTS) is 1. The summed E-state index contributed by atoms with van der Waals surface area (Å²) in [4.78, 5) is 10.4. The summed E-state index contributed by atoms with van der Waals surface area (Å²) in [6.45, 7) is 4.45. The molecule has 234 valence electrons. The topological polar surface area (TPSA) is 136 Å². The quantitative estimate of drug-likeness (QED) is 0.193. The number of halogens is 8. The molecule has 0 amide bonds. The van der Waals surface area contributed by atoms with Crippen LogP contribution in [-0.2, 0) is 47.5 Å². The maximum Gasteiger partial charge on any atom is 0.460 e. The average molecular weight is 626 g/mol. The van der Waals surface area contributed by atoms with Crippen LogP contribution in [0.1, 0.15) is 53.4 Å². The highest BCUT2D eigenvalue weighted by Crippen LogP contribution is 2.52. The van der Waals surface area contributed by atoms with Crippen LogP contribution in [0.25, 0.3) is 0 Å². The van der Waals surface area contributed by atoms with Gasteiger partial charge in [-0.15, -0.1) is 0 Å². The fourth-order valence-electron chi connectivity index (χ4n) is 4.05. The van der Waals surface area contributed by atoms with Gasteiger partial charge in [0, 0.05) is 12.8 Å². The molecule has 3 aliphatic rings. The molecule has 0 aromatic heterocycles. The molecule has 1 N–H and O–H groups in total. The van der Waals surface area contributed by atoms with Crippen molar-refractivity contribution < 1.29 is 86.0 Å². The van der Waals surface area contributed by atoms with Crippen LogP contribution in [-0.4, -0.2) is 85.4 Å². The Hall–Kier alpha value is -1.42. The van der Waals surface area contributed by atoms with Crippen LogP contribution in [0.4, 0.5) is 35.1 Å². The first-order valence-corrected chi connectivity index (χ1v) is 12.9. The Morgan fingerprint density at radius 2 is 1.52 bits per heavy atom. The van der Waals surface area contributed by atoms with Crippen LogP contribution in [0.5, 0.6) is 0 Å². The fraction of sp³-hybridized carbons (Fsp3) is 0.950. The van der Waals surface area contributed by atoms with Crippen LogP contribution in [0.3, 0.4) is 0 Å². The maximum atomic E-state index is 14.7. The Kier molecular flexibility index (Phi) is 8.35. The smallest absolute Gasteiger partial charge is 0.460 e. The van der Waals surface area contributed by atoms with Gasteiger partial charge in [0.05, 0.1) is 0 Å². The minimum Gasteiger partial charge on any atom is -0.481 e. The van der Waals surface area contributed by atoms with Crippen molar-refractivity contribution in [3.05, 3.63) is 0 Å². The van der Waals surface area contributed by atoms with Crippen LogP contribution in [0.15, 0.2) is 0 Å². The van der Waals surface area contributed by atoms with Crippen LogP contribution in [0, 0.1) is 0 Å². The number of alkyl halides is 8. The monoisotopic (exact) mass is 626 g/mol. The van der Waals surface area contributed by atoms with Gasteiger partial charge < -0.3 is 28.8 Å². The van der Waals surface area contributed by atoms with E-state index in [9.17, 15) is 48.3 Å². The molecule has 3 rings (SSSR count). The van der Waals surface area contributed by atoms with Gasteiger partial charge in [-0.1, -0.05) is 0 Å². The molecule has 2 unspecified atom stereocenters. The second kappa shape index (κ2) is 10.1. The van der Waals surface area contributed by atoms with Gasteiger partial charge in [-0.05, 0) is 40.5 Å². The Bertz CT molecular complexity index is 1080. The predicted octanol–water partition coefficient (Wildman–Crippen LogP) is 3.76. The summed E-state index contributed by atoms with van der Waals surface area (Å²) in [5.41, 5.74) is 0. The number of hydrogen-bond acceptors (Lipinski definition) is 10. The van der Waals surface area contributed by atoms with E-state index < -0.39 is 108 Å². The molecule has 3 fully saturated rings. The van der Waals surface area contributed by atoms with Gasteiger partial charge in [-0.2, -0.15) is 43.5 Å². The molecular weight excluding hydrogens is 600 g/mol. The molecule has 3 saturated heterocycles. The molecule has 11 nitrogen and oxygen atoms in total. The van der Waals surface area contributed by atoms with E-state index in [0.29, 0.717) is 0 Å². The molecule has 0 bridgehead atoms. The number of hydrogen-bond donors (Lipinski definition) is 1. The third-order valence-corrected chi connectivity index (χ3v) is 7.20. The first-order chi connectivity index (χ1) is 17.8. The number of ether oxygens (including phenoxy) is 6. The van der Waals surface area contributed by atoms with Crippen molar-refractivity contribution in [2.45, 2.75) is 113 Å². The van der Waals surface area contributed by atoms with Gasteiger partial charge in [-0.3, -0.25) is 8.98 Å². The Morgan fingerprint density at radius 3 is 2.05 bits per heavy atom. The fourth-order valence-corrected chi connectivity index (χ4v) is 5.03. The summed E-state index contributed by atoms with van der Waals surface area (Å²) in [7, 11) is -7.03. The Labute approximate surface area is 222 Å². The van der Waals surface area contributed by atoms with E-state index >= 15 is 0 Å². The van der Waals surface area contributed by atoms with Crippen LogP contribution in [0.2, 0.25) is 0 Å². The zero-order valence-corrected chi connectivity index (χ0v) is 22.0. The van der Waals surface area contributed by atoms with Crippen molar-refractivity contribution in [1.29, 1.82) is 0 Å². The molecule has 0 aromatic rings. The number of carbonyl (C=O) groups is 1. The van der Waals surface area contributed by atoms with Gasteiger partial charge in [0.1, 0.15) is 12.7 Å². The van der Waals surface area contributed by atoms with E-state index in [0.717, 1.165) is 0 Å². The van der Waals surface area contributed by atoms with E-state index in [-0.39, 0.29) is 0 Å². The molecule has 1 spiro atoms. The molecule has 40 heavy (non-hydrogen) atoms. The predicted molar refractivity (Wildman–Crippen MR) is 110 cm³/mol. The molecule has 4 atom stereocenters. The minimum atomic E-state index is -7.03. The molecule has 20 heteroatoms. The van der Waals surface area contributed by atoms with Crippen LogP contribution < -0.4 is 0 Å². The molecule has 0 saturated carbocycles. The number of unbranched alkanes of at least 4 members (excludes halogenated alkanes) is 1. The van der Waals surface area contributed by atoms with Gasteiger partial charge >= 0.3 is 39.5 Å². The number of aliphatic carboxylic acids is 1. The second-order valence-corrected chi connectivity index (χ2v) is 11.7. The average Bonchev–Trinajstić information content (AvgIpc) is 3.31. The normalized spacial score (nSPS) is 30.6. The van der Waals surface area contributed by atoms with E-state index in [2.05, 4.69) is 8.92 Å². The second-order valence-electron chi connectivity index (χ2n) is 10.1. The number of rotatable bonds is 12. The van der Waals surface area contributed by atoms with E-state index in [4.69, 9.17) is 28.8 Å². The lowest BCUT2D eigenvalue weighted by Crippen LogP contribution is -2.58. The lowest BCUT2D eigenvalue weighted by molar-refractivity contribution is -0.457. The van der Waals surface area contributed by atoms with Crippen molar-refractivity contribution in [1.82, 2.24) is 0 Å². The highest BCUT2D eigenvalue weighted by molar-refractivity contribution is 7.87. The summed E-state index contributed by atoms with van der Waals surface area (Å²) in [6.07, 6.45) is -23.0. The largest absolute Gasteiger partial charge is 0.481 e. The van der Waals surface area contributed by atoms with E-state index in [1.54, 1.807) is 0 Å². The zero-order valence-electron chi connectivity index (χ0n) is 21.2. The van der Waals surface area contributed by atoms with Crippen molar-refractivity contribution in [2.75, 3.05) is 6.61 Å². The molecular formula is C20H26F8O11S. The highest BCUT2D eigenvalue weighted by atomic mass is 32.2. The summed E-state index contributed by atoms with van der Waals surface area (Å²) in [5, 5.41) is 1.75. The molecule has 3 aliphatic heterocycles. The summed E-state index contributed by atoms with van der Waals surface area (Å²) in [5.74, 6) is -12.5. The van der Waals surface area contributed by atoms with Gasteiger partial charge in [0.15, 0.2) is 24.0 Å². The summed E-state index contributed by atoms with van der Waals surface area (Å²) < 4.78 is 172. The summed E-state index contributed by atoms with van der Waals surface area (Å²) >= 11 is 0. The lowest BCUT2D eigenvalue weighted by atomic mass is 10.1. The maximum absolute atomic E-state index is 14.7. The Balaban J connectivity index is 1.84. The van der Waals surface area contributed by atoms with Crippen molar-refractivity contribution >= 4 is 16.1 Å². The third kappa shape index (κ3) is 6.18. The first-order valence-electron chi connectivity index (χ1n) is 11.5. The first kappa shape index (κ1) is 33.1. The third-order valence-electron chi connectivity index (χ3n) is 5.87. The summed E-state index contributed by atoms with van der Waals surface area (Å²) in [6, 6.07) is 0. The van der Waals surface area contributed by atoms with E-state index in [1.165, 1.54) is 27.7 Å². The van der Waals surface area contributed by atoms with Crippen molar-refractivity contribution in [3.8, 4) is 0 Å². The van der Waals surface area contributed by atoms with E-state index in [1.807, 2.05) is 0 Å². The minimum absolute atomic E-state index is 0.589. The van der Waals surface area contributed by atoms with Crippen molar-refractivity contribution in [2.24, 2.45) is 0 Å². The zero-order chi connectivity index (χ0) is 30.8.